The summed E-state index contributed by atoms with van der Waals surface area (Å²) in [5, 5.41) is 2.98. The fourth-order valence-electron chi connectivity index (χ4n) is 3.09. The van der Waals surface area contributed by atoms with Crippen molar-refractivity contribution in [2.24, 2.45) is 5.92 Å². The largest absolute Gasteiger partial charge is 0.354 e. The van der Waals surface area contributed by atoms with Gasteiger partial charge in [0.15, 0.2) is 0 Å². The van der Waals surface area contributed by atoms with E-state index in [1.54, 1.807) is 6.92 Å². The number of carbonyl (C=O) groups is 2. The van der Waals surface area contributed by atoms with Crippen molar-refractivity contribution >= 4 is 17.5 Å². The van der Waals surface area contributed by atoms with Crippen LogP contribution in [-0.4, -0.2) is 24.9 Å². The van der Waals surface area contributed by atoms with Gasteiger partial charge in [0.1, 0.15) is 0 Å². The van der Waals surface area contributed by atoms with Gasteiger partial charge in [0.2, 0.25) is 11.8 Å². The van der Waals surface area contributed by atoms with Crippen LogP contribution in [0.4, 0.5) is 5.69 Å². The Balaban J connectivity index is 2.09. The molecule has 0 radical (unpaired) electrons. The Bertz CT molecular complexity index is 542. The van der Waals surface area contributed by atoms with E-state index in [1.165, 1.54) is 11.1 Å². The quantitative estimate of drug-likeness (QED) is 0.840. The zero-order valence-corrected chi connectivity index (χ0v) is 14.5. The van der Waals surface area contributed by atoms with E-state index >= 15 is 0 Å². The van der Waals surface area contributed by atoms with Gasteiger partial charge in [0, 0.05) is 25.9 Å². The molecule has 4 heteroatoms. The van der Waals surface area contributed by atoms with Gasteiger partial charge in [0.25, 0.3) is 0 Å². The molecule has 0 spiro atoms. The molecule has 23 heavy (non-hydrogen) atoms. The molecule has 0 aliphatic heterocycles. The average molecular weight is 316 g/mol. The monoisotopic (exact) mass is 316 g/mol. The minimum Gasteiger partial charge on any atom is -0.354 e. The first-order valence-electron chi connectivity index (χ1n) is 8.75. The minimum absolute atomic E-state index is 0.0264. The van der Waals surface area contributed by atoms with Crippen molar-refractivity contribution < 1.29 is 9.59 Å². The van der Waals surface area contributed by atoms with Crippen molar-refractivity contribution in [3.63, 3.8) is 0 Å². The zero-order valence-electron chi connectivity index (χ0n) is 14.5. The van der Waals surface area contributed by atoms with Crippen molar-refractivity contribution in [1.29, 1.82) is 0 Å². The Morgan fingerprint density at radius 2 is 1.78 bits per heavy atom. The molecule has 2 rings (SSSR count). The van der Waals surface area contributed by atoms with Crippen LogP contribution >= 0.6 is 0 Å². The van der Waals surface area contributed by atoms with Gasteiger partial charge in [0.05, 0.1) is 5.69 Å². The molecule has 0 atom stereocenters. The van der Waals surface area contributed by atoms with E-state index in [9.17, 15) is 9.59 Å². The lowest BCUT2D eigenvalue weighted by atomic mass is 9.85. The molecule has 4 nitrogen and oxygen atoms in total. The first-order chi connectivity index (χ1) is 11.1. The summed E-state index contributed by atoms with van der Waals surface area (Å²) in [7, 11) is 0. The lowest BCUT2D eigenvalue weighted by Crippen LogP contribution is -2.41. The number of para-hydroxylation sites is 1. The van der Waals surface area contributed by atoms with E-state index in [0.29, 0.717) is 13.1 Å². The normalized spacial score (nSPS) is 14.2. The molecule has 0 saturated heterocycles. The Morgan fingerprint density at radius 1 is 1.17 bits per heavy atom. The highest BCUT2D eigenvalue weighted by molar-refractivity contribution is 5.93. The second-order valence-electron chi connectivity index (χ2n) is 6.22. The summed E-state index contributed by atoms with van der Waals surface area (Å²) in [5.41, 5.74) is 3.40. The van der Waals surface area contributed by atoms with Crippen LogP contribution in [0.15, 0.2) is 18.2 Å². The molecule has 1 saturated carbocycles. The van der Waals surface area contributed by atoms with Gasteiger partial charge in [-0.3, -0.25) is 9.59 Å². The highest BCUT2D eigenvalue weighted by Crippen LogP contribution is 2.28. The maximum absolute atomic E-state index is 12.2. The molecule has 2 amide bonds. The van der Waals surface area contributed by atoms with Crippen LogP contribution in [-0.2, 0) is 22.4 Å². The van der Waals surface area contributed by atoms with E-state index in [0.717, 1.165) is 37.8 Å². The molecule has 126 valence electrons. The summed E-state index contributed by atoms with van der Waals surface area (Å²) >= 11 is 0. The molecule has 0 aromatic heterocycles. The van der Waals surface area contributed by atoms with Gasteiger partial charge in [-0.15, -0.1) is 0 Å². The Hall–Kier alpha value is -1.84. The van der Waals surface area contributed by atoms with Crippen LogP contribution in [0.5, 0.6) is 0 Å². The maximum Gasteiger partial charge on any atom is 0.223 e. The van der Waals surface area contributed by atoms with Gasteiger partial charge >= 0.3 is 0 Å². The summed E-state index contributed by atoms with van der Waals surface area (Å²) < 4.78 is 0. The van der Waals surface area contributed by atoms with E-state index in [2.05, 4.69) is 37.4 Å². The fourth-order valence-corrected chi connectivity index (χ4v) is 3.09. The zero-order chi connectivity index (χ0) is 16.8. The third-order valence-electron chi connectivity index (χ3n) is 4.73. The number of amides is 2. The van der Waals surface area contributed by atoms with Crippen molar-refractivity contribution in [2.45, 2.75) is 52.9 Å². The molecule has 1 aromatic carbocycles. The van der Waals surface area contributed by atoms with E-state index in [1.807, 2.05) is 4.90 Å². The van der Waals surface area contributed by atoms with Gasteiger partial charge in [-0.05, 0) is 36.8 Å². The summed E-state index contributed by atoms with van der Waals surface area (Å²) in [4.78, 5) is 25.9. The van der Waals surface area contributed by atoms with Crippen LogP contribution in [0.1, 0.15) is 51.2 Å². The van der Waals surface area contributed by atoms with E-state index in [4.69, 9.17) is 0 Å². The summed E-state index contributed by atoms with van der Waals surface area (Å²) in [6, 6.07) is 6.21. The smallest absolute Gasteiger partial charge is 0.223 e. The third-order valence-corrected chi connectivity index (χ3v) is 4.73. The number of anilines is 1. The van der Waals surface area contributed by atoms with Crippen LogP contribution in [0.25, 0.3) is 0 Å². The number of benzene rings is 1. The first kappa shape index (κ1) is 17.5. The number of hydrogen-bond acceptors (Lipinski definition) is 2. The molecule has 0 bridgehead atoms. The molecule has 1 fully saturated rings. The molecular formula is C19H28N2O2. The van der Waals surface area contributed by atoms with Crippen LogP contribution < -0.4 is 10.2 Å². The molecule has 1 aliphatic rings. The van der Waals surface area contributed by atoms with Crippen molar-refractivity contribution in [2.75, 3.05) is 18.0 Å². The van der Waals surface area contributed by atoms with Crippen LogP contribution in [0.2, 0.25) is 0 Å². The standard InChI is InChI=1S/C19H28N2O2/c1-4-15-8-6-9-16(5-2)18(15)21(14(3)22)13-12-20-19(23)17-10-7-11-17/h6,8-9,17H,4-5,7,10-13H2,1-3H3,(H,20,23). The average Bonchev–Trinajstić information content (AvgIpc) is 2.48. The number of nitrogens with one attached hydrogen (secondary N) is 1. The molecular weight excluding hydrogens is 288 g/mol. The summed E-state index contributed by atoms with van der Waals surface area (Å²) in [6.07, 6.45) is 4.94. The van der Waals surface area contributed by atoms with Crippen LogP contribution in [0, 0.1) is 5.92 Å². The molecule has 1 aromatic rings. The topological polar surface area (TPSA) is 49.4 Å². The predicted molar refractivity (Wildman–Crippen MR) is 93.6 cm³/mol. The number of aryl methyl sites for hydroxylation is 2. The third kappa shape index (κ3) is 4.12. The van der Waals surface area contributed by atoms with Gasteiger partial charge < -0.3 is 10.2 Å². The van der Waals surface area contributed by atoms with Gasteiger partial charge in [-0.2, -0.15) is 0 Å². The number of nitrogens with zero attached hydrogens (tertiary/aromatic N) is 1. The molecule has 1 N–H and O–H groups in total. The second kappa shape index (κ2) is 8.14. The first-order valence-corrected chi connectivity index (χ1v) is 8.75. The van der Waals surface area contributed by atoms with Crippen molar-refractivity contribution in [3.05, 3.63) is 29.3 Å². The highest BCUT2D eigenvalue weighted by atomic mass is 16.2. The number of rotatable bonds is 7. The lowest BCUT2D eigenvalue weighted by molar-refractivity contribution is -0.127. The Labute approximate surface area is 139 Å². The van der Waals surface area contributed by atoms with E-state index in [-0.39, 0.29) is 17.7 Å². The molecule has 0 unspecified atom stereocenters. The number of carbonyl (C=O) groups excluding carboxylic acids is 2. The summed E-state index contributed by atoms with van der Waals surface area (Å²) in [5.74, 6) is 0.354. The minimum atomic E-state index is 0.0264. The SMILES string of the molecule is CCc1cccc(CC)c1N(CCNC(=O)C1CCC1)C(C)=O. The lowest BCUT2D eigenvalue weighted by Gasteiger charge is -2.28. The van der Waals surface area contributed by atoms with Crippen molar-refractivity contribution in [1.82, 2.24) is 5.32 Å². The van der Waals surface area contributed by atoms with Crippen LogP contribution in [0.3, 0.4) is 0 Å². The Morgan fingerprint density at radius 3 is 2.22 bits per heavy atom. The summed E-state index contributed by atoms with van der Waals surface area (Å²) in [6.45, 7) is 6.84. The highest BCUT2D eigenvalue weighted by Gasteiger charge is 2.25. The van der Waals surface area contributed by atoms with Gasteiger partial charge in [-0.1, -0.05) is 38.5 Å². The predicted octanol–water partition coefficient (Wildman–Crippen LogP) is 3.08. The molecule has 0 heterocycles. The number of hydrogen-bond donors (Lipinski definition) is 1. The molecule has 1 aliphatic carbocycles. The van der Waals surface area contributed by atoms with E-state index < -0.39 is 0 Å². The van der Waals surface area contributed by atoms with Crippen molar-refractivity contribution in [3.8, 4) is 0 Å². The van der Waals surface area contributed by atoms with Gasteiger partial charge in [-0.25, -0.2) is 0 Å². The Kier molecular flexibility index (Phi) is 6.20. The maximum atomic E-state index is 12.2. The second-order valence-corrected chi connectivity index (χ2v) is 6.22. The fraction of sp³-hybridized carbons (Fsp3) is 0.579.